The van der Waals surface area contributed by atoms with Gasteiger partial charge in [0.05, 0.1) is 18.1 Å². The maximum absolute atomic E-state index is 14.7. The Morgan fingerprint density at radius 2 is 1.92 bits per heavy atom. The molecule has 0 bridgehead atoms. The third-order valence-electron chi connectivity index (χ3n) is 6.49. The summed E-state index contributed by atoms with van der Waals surface area (Å²) >= 11 is 0. The Kier molecular flexibility index (Phi) is 7.06. The van der Waals surface area contributed by atoms with Gasteiger partial charge < -0.3 is 24.5 Å². The third-order valence-corrected chi connectivity index (χ3v) is 6.49. The van der Waals surface area contributed by atoms with E-state index in [1.165, 1.54) is 6.07 Å². The molecule has 0 spiro atoms. The zero-order valence-electron chi connectivity index (χ0n) is 20.5. The number of fused-ring (bicyclic) bond motifs is 1. The van der Waals surface area contributed by atoms with E-state index in [1.807, 2.05) is 11.9 Å². The fourth-order valence-electron chi connectivity index (χ4n) is 4.63. The van der Waals surface area contributed by atoms with Crippen LogP contribution in [0, 0.1) is 0 Å². The molecule has 12 heteroatoms. The van der Waals surface area contributed by atoms with Crippen molar-refractivity contribution in [2.24, 2.45) is 0 Å². The first kappa shape index (κ1) is 25.7. The Balaban J connectivity index is 1.44. The number of hydrogen-bond acceptors (Lipinski definition) is 6. The fraction of sp³-hybridized carbons (Fsp3) is 0.346. The van der Waals surface area contributed by atoms with E-state index >= 15 is 0 Å². The van der Waals surface area contributed by atoms with Crippen LogP contribution in [-0.4, -0.2) is 64.1 Å². The van der Waals surface area contributed by atoms with Gasteiger partial charge >= 0.3 is 6.18 Å². The molecule has 1 aliphatic heterocycles. The van der Waals surface area contributed by atoms with Gasteiger partial charge in [-0.1, -0.05) is 24.3 Å². The number of alkyl halides is 4. The molecule has 1 saturated heterocycles. The molecule has 2 aromatic heterocycles. The molecule has 2 atom stereocenters. The molecule has 4 aromatic rings. The number of amides is 1. The van der Waals surface area contributed by atoms with Crippen LogP contribution in [-0.2, 0) is 13.1 Å². The van der Waals surface area contributed by atoms with E-state index in [9.17, 15) is 22.4 Å². The zero-order valence-corrected chi connectivity index (χ0v) is 20.5. The topological polar surface area (TPSA) is 88.2 Å². The predicted octanol–water partition coefficient (Wildman–Crippen LogP) is 4.64. The highest BCUT2D eigenvalue weighted by Gasteiger charge is 2.32. The van der Waals surface area contributed by atoms with Gasteiger partial charge in [-0.15, -0.1) is 10.2 Å². The van der Waals surface area contributed by atoms with Gasteiger partial charge in [-0.2, -0.15) is 13.2 Å². The standard InChI is InChI=1S/C26H26F4N6O2/c1-35-11-10-20(18(27)14-35)32-19-8-5-9-21-17(19)12-22(36(21)15-26(28,29)30)25-34-33-23(38-25)13-31-24(37)16-6-3-2-4-7-16/h2-9,12,18,20,32H,10-11,13-15H2,1H3,(H,31,37)/t18-,20+/m0/s1. The number of rotatable bonds is 7. The second kappa shape index (κ2) is 10.4. The lowest BCUT2D eigenvalue weighted by atomic mass is 10.0. The number of aromatic nitrogens is 3. The number of hydrogen-bond donors (Lipinski definition) is 2. The lowest BCUT2D eigenvalue weighted by molar-refractivity contribution is -0.139. The second-order valence-electron chi connectivity index (χ2n) is 9.34. The van der Waals surface area contributed by atoms with Crippen LogP contribution in [0.1, 0.15) is 22.7 Å². The van der Waals surface area contributed by atoms with E-state index in [4.69, 9.17) is 4.42 Å². The SMILES string of the molecule is CN1CC[C@@H](Nc2cccc3c2cc(-c2nnc(CNC(=O)c4ccccc4)o2)n3CC(F)(F)F)[C@@H](F)C1. The van der Waals surface area contributed by atoms with E-state index in [2.05, 4.69) is 20.8 Å². The number of benzene rings is 2. The van der Waals surface area contributed by atoms with Gasteiger partial charge in [0.1, 0.15) is 18.4 Å². The Hall–Kier alpha value is -3.93. The van der Waals surface area contributed by atoms with Crippen LogP contribution < -0.4 is 10.6 Å². The van der Waals surface area contributed by atoms with Crippen molar-refractivity contribution in [1.82, 2.24) is 25.0 Å². The molecule has 1 fully saturated rings. The summed E-state index contributed by atoms with van der Waals surface area (Å²) in [5.74, 6) is -0.437. The van der Waals surface area contributed by atoms with Crippen molar-refractivity contribution < 1.29 is 26.8 Å². The van der Waals surface area contributed by atoms with Crippen molar-refractivity contribution in [3.8, 4) is 11.6 Å². The Morgan fingerprint density at radius 1 is 1.13 bits per heavy atom. The van der Waals surface area contributed by atoms with Crippen LogP contribution >= 0.6 is 0 Å². The largest absolute Gasteiger partial charge is 0.417 e. The molecule has 5 rings (SSSR count). The first-order chi connectivity index (χ1) is 18.2. The summed E-state index contributed by atoms with van der Waals surface area (Å²) in [5.41, 5.74) is 1.33. The molecule has 0 unspecified atom stereocenters. The van der Waals surface area contributed by atoms with Gasteiger partial charge in [0.25, 0.3) is 11.8 Å². The highest BCUT2D eigenvalue weighted by Crippen LogP contribution is 2.35. The van der Waals surface area contributed by atoms with E-state index in [0.29, 0.717) is 35.1 Å². The normalized spacial score (nSPS) is 18.6. The first-order valence-electron chi connectivity index (χ1n) is 12.1. The van der Waals surface area contributed by atoms with Crippen LogP contribution in [0.2, 0.25) is 0 Å². The van der Waals surface area contributed by atoms with Crippen LogP contribution in [0.3, 0.4) is 0 Å². The van der Waals surface area contributed by atoms with Crippen LogP contribution in [0.25, 0.3) is 22.5 Å². The molecule has 8 nitrogen and oxygen atoms in total. The molecule has 38 heavy (non-hydrogen) atoms. The Bertz CT molecular complexity index is 1420. The summed E-state index contributed by atoms with van der Waals surface area (Å²) in [6.07, 6.45) is -5.08. The maximum Gasteiger partial charge on any atom is 0.406 e. The summed E-state index contributed by atoms with van der Waals surface area (Å²) in [6, 6.07) is 14.5. The summed E-state index contributed by atoms with van der Waals surface area (Å²) < 4.78 is 62.1. The molecule has 1 amide bonds. The number of piperidine rings is 1. The summed E-state index contributed by atoms with van der Waals surface area (Å²) in [4.78, 5) is 14.2. The lowest BCUT2D eigenvalue weighted by Gasteiger charge is -2.33. The van der Waals surface area contributed by atoms with Crippen molar-refractivity contribution in [1.29, 1.82) is 0 Å². The van der Waals surface area contributed by atoms with Gasteiger partial charge in [-0.3, -0.25) is 4.79 Å². The van der Waals surface area contributed by atoms with E-state index < -0.39 is 24.9 Å². The number of carbonyl (C=O) groups is 1. The van der Waals surface area contributed by atoms with Crippen molar-refractivity contribution in [2.45, 2.75) is 37.9 Å². The lowest BCUT2D eigenvalue weighted by Crippen LogP contribution is -2.46. The second-order valence-corrected chi connectivity index (χ2v) is 9.34. The number of anilines is 1. The Morgan fingerprint density at radius 3 is 2.66 bits per heavy atom. The molecule has 200 valence electrons. The molecule has 2 aromatic carbocycles. The van der Waals surface area contributed by atoms with Crippen LogP contribution in [0.4, 0.5) is 23.2 Å². The summed E-state index contributed by atoms with van der Waals surface area (Å²) in [5, 5.41) is 14.2. The number of carbonyl (C=O) groups excluding carboxylic acids is 1. The van der Waals surface area contributed by atoms with Gasteiger partial charge in [0.2, 0.25) is 5.89 Å². The molecular formula is C26H26F4N6O2. The van der Waals surface area contributed by atoms with Crippen molar-refractivity contribution in [3.05, 3.63) is 66.1 Å². The Labute approximate surface area is 215 Å². The van der Waals surface area contributed by atoms with Crippen molar-refractivity contribution >= 4 is 22.5 Å². The van der Waals surface area contributed by atoms with Crippen molar-refractivity contribution in [2.75, 3.05) is 25.5 Å². The van der Waals surface area contributed by atoms with Crippen LogP contribution in [0.5, 0.6) is 0 Å². The minimum atomic E-state index is -4.52. The molecule has 2 N–H and O–H groups in total. The third kappa shape index (κ3) is 5.64. The van der Waals surface area contributed by atoms with Crippen molar-refractivity contribution in [3.63, 3.8) is 0 Å². The monoisotopic (exact) mass is 530 g/mol. The molecule has 0 aliphatic carbocycles. The van der Waals surface area contributed by atoms with Gasteiger partial charge in [-0.25, -0.2) is 4.39 Å². The van der Waals surface area contributed by atoms with Gasteiger partial charge in [-0.05, 0) is 43.8 Å². The highest BCUT2D eigenvalue weighted by atomic mass is 19.4. The smallest absolute Gasteiger partial charge is 0.406 e. The maximum atomic E-state index is 14.7. The molecule has 0 radical (unpaired) electrons. The van der Waals surface area contributed by atoms with Gasteiger partial charge in [0, 0.05) is 29.7 Å². The van der Waals surface area contributed by atoms with Gasteiger partial charge in [0.15, 0.2) is 0 Å². The zero-order chi connectivity index (χ0) is 26.9. The molecule has 0 saturated carbocycles. The van der Waals surface area contributed by atoms with E-state index in [1.54, 1.807) is 48.5 Å². The summed E-state index contributed by atoms with van der Waals surface area (Å²) in [7, 11) is 1.85. The summed E-state index contributed by atoms with van der Waals surface area (Å²) in [6.45, 7) is -0.391. The minimum absolute atomic E-state index is 0.0399. The molecular weight excluding hydrogens is 504 g/mol. The predicted molar refractivity (Wildman–Crippen MR) is 133 cm³/mol. The first-order valence-corrected chi connectivity index (χ1v) is 12.1. The average Bonchev–Trinajstić information content (AvgIpc) is 3.49. The van der Waals surface area contributed by atoms with E-state index in [0.717, 1.165) is 4.57 Å². The number of likely N-dealkylation sites (tertiary alicyclic amines) is 1. The number of nitrogens with one attached hydrogen (secondary N) is 2. The molecule has 3 heterocycles. The molecule has 1 aliphatic rings. The van der Waals surface area contributed by atoms with Crippen LogP contribution in [0.15, 0.2) is 59.0 Å². The van der Waals surface area contributed by atoms with E-state index in [-0.39, 0.29) is 36.5 Å². The highest BCUT2D eigenvalue weighted by molar-refractivity contribution is 5.96. The number of halogens is 4. The minimum Gasteiger partial charge on any atom is -0.417 e. The quantitative estimate of drug-likeness (QED) is 0.339. The fourth-order valence-corrected chi connectivity index (χ4v) is 4.63. The average molecular weight is 531 g/mol. The number of nitrogens with zero attached hydrogens (tertiary/aromatic N) is 4.